The van der Waals surface area contributed by atoms with E-state index in [1.165, 1.54) is 0 Å². The van der Waals surface area contributed by atoms with Crippen molar-refractivity contribution >= 4 is 46.7 Å². The number of nitrogens with one attached hydrogen (secondary N) is 1. The summed E-state index contributed by atoms with van der Waals surface area (Å²) in [5.41, 5.74) is 0.840. The lowest BCUT2D eigenvalue weighted by Gasteiger charge is -2.15. The Hall–Kier alpha value is -1.10. The van der Waals surface area contributed by atoms with Crippen molar-refractivity contribution in [3.63, 3.8) is 0 Å². The molecule has 2 aromatic rings. The smallest absolute Gasteiger partial charge is 0.237 e. The fourth-order valence-corrected chi connectivity index (χ4v) is 3.46. The zero-order chi connectivity index (χ0) is 15.9. The lowest BCUT2D eigenvalue weighted by Crippen LogP contribution is -2.24. The summed E-state index contributed by atoms with van der Waals surface area (Å²) in [6.07, 6.45) is 2.79. The Balaban J connectivity index is 2.03. The van der Waals surface area contributed by atoms with Crippen molar-refractivity contribution < 1.29 is 4.79 Å². The van der Waals surface area contributed by atoms with Gasteiger partial charge in [0, 0.05) is 20.5 Å². The molecule has 2 nitrogen and oxygen atoms in total. The van der Waals surface area contributed by atoms with Crippen LogP contribution in [0.25, 0.3) is 0 Å². The zero-order valence-electron chi connectivity index (χ0n) is 12.5. The molecule has 0 saturated heterocycles. The minimum atomic E-state index is -0.126. The monoisotopic (exact) mass is 351 g/mol. The van der Waals surface area contributed by atoms with Crippen molar-refractivity contribution in [2.24, 2.45) is 0 Å². The van der Waals surface area contributed by atoms with Crippen LogP contribution in [0.15, 0.2) is 58.3 Å². The third-order valence-corrected chi connectivity index (χ3v) is 5.45. The van der Waals surface area contributed by atoms with Crippen molar-refractivity contribution in [2.75, 3.05) is 11.6 Å². The molecule has 1 amide bonds. The van der Waals surface area contributed by atoms with E-state index in [0.29, 0.717) is 5.02 Å². The lowest BCUT2D eigenvalue weighted by atomic mass is 10.2. The minimum absolute atomic E-state index is 0.0284. The maximum atomic E-state index is 12.4. The normalized spacial score (nSPS) is 12.0. The van der Waals surface area contributed by atoms with Crippen molar-refractivity contribution in [3.05, 3.63) is 53.6 Å². The number of carbonyl (C=O) groups is 1. The Morgan fingerprint density at radius 1 is 1.18 bits per heavy atom. The highest BCUT2D eigenvalue weighted by atomic mass is 35.5. The SMILES string of the molecule is CC[C@H](Sc1ccc(Cl)cc1)C(=O)Nc1cccc(SC)c1. The number of amides is 1. The summed E-state index contributed by atoms with van der Waals surface area (Å²) in [5.74, 6) is 0.0284. The van der Waals surface area contributed by atoms with Crippen LogP contribution in [0.4, 0.5) is 5.69 Å². The average Bonchev–Trinajstić information content (AvgIpc) is 2.54. The second-order valence-corrected chi connectivity index (χ2v) is 7.28. The third-order valence-electron chi connectivity index (χ3n) is 3.09. The predicted octanol–water partition coefficient (Wildman–Crippen LogP) is 5.57. The van der Waals surface area contributed by atoms with Gasteiger partial charge in [-0.25, -0.2) is 0 Å². The molecule has 0 radical (unpaired) electrons. The maximum absolute atomic E-state index is 12.4. The van der Waals surface area contributed by atoms with Crippen LogP contribution < -0.4 is 5.32 Å². The van der Waals surface area contributed by atoms with E-state index < -0.39 is 0 Å². The van der Waals surface area contributed by atoms with Crippen molar-refractivity contribution in [1.29, 1.82) is 0 Å². The molecule has 0 unspecified atom stereocenters. The molecule has 22 heavy (non-hydrogen) atoms. The maximum Gasteiger partial charge on any atom is 0.237 e. The van der Waals surface area contributed by atoms with Crippen LogP contribution in [0.3, 0.4) is 0 Å². The van der Waals surface area contributed by atoms with Gasteiger partial charge in [0.15, 0.2) is 0 Å². The summed E-state index contributed by atoms with van der Waals surface area (Å²) in [6.45, 7) is 2.02. The van der Waals surface area contributed by atoms with Gasteiger partial charge in [-0.05, 0) is 55.1 Å². The summed E-state index contributed by atoms with van der Waals surface area (Å²) in [6, 6.07) is 15.5. The number of halogens is 1. The Morgan fingerprint density at radius 2 is 1.91 bits per heavy atom. The highest BCUT2D eigenvalue weighted by molar-refractivity contribution is 8.00. The van der Waals surface area contributed by atoms with Gasteiger partial charge in [0.2, 0.25) is 5.91 Å². The number of carbonyl (C=O) groups excluding carboxylic acids is 1. The van der Waals surface area contributed by atoms with E-state index in [0.717, 1.165) is 21.9 Å². The molecular formula is C17H18ClNOS2. The Bertz CT molecular complexity index is 631. The van der Waals surface area contributed by atoms with E-state index in [2.05, 4.69) is 5.32 Å². The van der Waals surface area contributed by atoms with E-state index in [1.54, 1.807) is 23.5 Å². The Labute approximate surface area is 145 Å². The molecule has 2 aromatic carbocycles. The molecule has 0 fully saturated rings. The molecule has 0 aromatic heterocycles. The summed E-state index contributed by atoms with van der Waals surface area (Å²) in [7, 11) is 0. The second kappa shape index (κ2) is 8.51. The number of thioether (sulfide) groups is 2. The van der Waals surface area contributed by atoms with Crippen LogP contribution >= 0.6 is 35.1 Å². The molecule has 0 aliphatic carbocycles. The summed E-state index contributed by atoms with van der Waals surface area (Å²) < 4.78 is 0. The molecule has 0 saturated carbocycles. The van der Waals surface area contributed by atoms with Crippen LogP contribution in [-0.2, 0) is 4.79 Å². The Morgan fingerprint density at radius 3 is 2.55 bits per heavy atom. The van der Waals surface area contributed by atoms with Gasteiger partial charge in [-0.15, -0.1) is 23.5 Å². The van der Waals surface area contributed by atoms with E-state index in [-0.39, 0.29) is 11.2 Å². The largest absolute Gasteiger partial charge is 0.325 e. The first-order valence-electron chi connectivity index (χ1n) is 6.99. The molecule has 0 aliphatic rings. The molecule has 1 atom stereocenters. The molecule has 1 N–H and O–H groups in total. The molecule has 5 heteroatoms. The van der Waals surface area contributed by atoms with Crippen LogP contribution in [0, 0.1) is 0 Å². The molecule has 0 bridgehead atoms. The first-order valence-corrected chi connectivity index (χ1v) is 9.47. The van der Waals surface area contributed by atoms with Gasteiger partial charge < -0.3 is 5.32 Å². The molecular weight excluding hydrogens is 334 g/mol. The van der Waals surface area contributed by atoms with Gasteiger partial charge in [0.05, 0.1) is 5.25 Å². The van der Waals surface area contributed by atoms with Gasteiger partial charge in [-0.2, -0.15) is 0 Å². The van der Waals surface area contributed by atoms with Gasteiger partial charge >= 0.3 is 0 Å². The zero-order valence-corrected chi connectivity index (χ0v) is 14.9. The quantitative estimate of drug-likeness (QED) is 0.689. The topological polar surface area (TPSA) is 29.1 Å². The van der Waals surface area contributed by atoms with E-state index in [1.807, 2.05) is 61.7 Å². The van der Waals surface area contributed by atoms with Crippen molar-refractivity contribution in [1.82, 2.24) is 0 Å². The molecule has 0 spiro atoms. The van der Waals surface area contributed by atoms with Crippen LogP contribution in [0.1, 0.15) is 13.3 Å². The predicted molar refractivity (Wildman–Crippen MR) is 98.2 cm³/mol. The highest BCUT2D eigenvalue weighted by Crippen LogP contribution is 2.28. The number of anilines is 1. The van der Waals surface area contributed by atoms with Crippen molar-refractivity contribution in [3.8, 4) is 0 Å². The molecule has 0 aliphatic heterocycles. The minimum Gasteiger partial charge on any atom is -0.325 e. The number of rotatable bonds is 6. The highest BCUT2D eigenvalue weighted by Gasteiger charge is 2.18. The number of benzene rings is 2. The van der Waals surface area contributed by atoms with Gasteiger partial charge in [0.1, 0.15) is 0 Å². The van der Waals surface area contributed by atoms with Crippen LogP contribution in [-0.4, -0.2) is 17.4 Å². The van der Waals surface area contributed by atoms with Gasteiger partial charge in [-0.1, -0.05) is 24.6 Å². The summed E-state index contributed by atoms with van der Waals surface area (Å²) in [4.78, 5) is 14.6. The average molecular weight is 352 g/mol. The fourth-order valence-electron chi connectivity index (χ4n) is 1.92. The van der Waals surface area contributed by atoms with E-state index in [4.69, 9.17) is 11.6 Å². The first kappa shape index (κ1) is 17.3. The van der Waals surface area contributed by atoms with Gasteiger partial charge in [0.25, 0.3) is 0 Å². The molecule has 116 valence electrons. The van der Waals surface area contributed by atoms with E-state index >= 15 is 0 Å². The standard InChI is InChI=1S/C17H18ClNOS2/c1-3-16(22-14-9-7-12(18)8-10-14)17(20)19-13-5-4-6-15(11-13)21-2/h4-11,16H,3H2,1-2H3,(H,19,20)/t16-/m0/s1. The lowest BCUT2D eigenvalue weighted by molar-refractivity contribution is -0.115. The van der Waals surface area contributed by atoms with Crippen LogP contribution in [0.2, 0.25) is 5.02 Å². The number of hydrogen-bond acceptors (Lipinski definition) is 3. The Kier molecular flexibility index (Phi) is 6.68. The summed E-state index contributed by atoms with van der Waals surface area (Å²) >= 11 is 9.11. The van der Waals surface area contributed by atoms with Gasteiger partial charge in [-0.3, -0.25) is 4.79 Å². The fraction of sp³-hybridized carbons (Fsp3) is 0.235. The van der Waals surface area contributed by atoms with E-state index in [9.17, 15) is 4.79 Å². The second-order valence-electron chi connectivity index (χ2n) is 4.69. The third kappa shape index (κ3) is 4.97. The van der Waals surface area contributed by atoms with Crippen molar-refractivity contribution in [2.45, 2.75) is 28.4 Å². The van der Waals surface area contributed by atoms with Crippen LogP contribution in [0.5, 0.6) is 0 Å². The summed E-state index contributed by atoms with van der Waals surface area (Å²) in [5, 5.41) is 3.58. The molecule has 0 heterocycles. The first-order chi connectivity index (χ1) is 10.6. The molecule has 2 rings (SSSR count). The number of hydrogen-bond donors (Lipinski definition) is 1.